The first kappa shape index (κ1) is 29.7. The van der Waals surface area contributed by atoms with Crippen LogP contribution in [0.3, 0.4) is 0 Å². The second-order valence-electron chi connectivity index (χ2n) is 7.84. The van der Waals surface area contributed by atoms with Crippen molar-refractivity contribution in [3.8, 4) is 0 Å². The maximum Gasteiger partial charge on any atom is 0.236 e. The summed E-state index contributed by atoms with van der Waals surface area (Å²) in [6.45, 7) is 14.1. The Bertz CT molecular complexity index is 660. The maximum atomic E-state index is 5.82. The zero-order valence-corrected chi connectivity index (χ0v) is 20.7. The SMILES string of the molecule is CC(C)[C@@]1(C)COC(c2cccc(C3=N[C@@](C)(C(C)C)CO3)n2)=N1.[Cl-].[Cl-].[Cl-].[V]. The predicted molar refractivity (Wildman–Crippen MR) is 95.7 cm³/mol. The number of hydrogen-bond donors (Lipinski definition) is 0. The van der Waals surface area contributed by atoms with E-state index < -0.39 is 0 Å². The van der Waals surface area contributed by atoms with Crippen molar-refractivity contribution in [1.82, 2.24) is 4.98 Å². The van der Waals surface area contributed by atoms with Gasteiger partial charge in [0.05, 0.1) is 11.1 Å². The van der Waals surface area contributed by atoms with Gasteiger partial charge in [-0.2, -0.15) is 0 Å². The molecular weight excluding hydrogens is 460 g/mol. The molecule has 0 saturated heterocycles. The molecule has 1 radical (unpaired) electrons. The van der Waals surface area contributed by atoms with Gasteiger partial charge in [-0.1, -0.05) is 33.8 Å². The monoisotopic (exact) mass is 485 g/mol. The van der Waals surface area contributed by atoms with Crippen LogP contribution in [0.4, 0.5) is 0 Å². The normalized spacial score (nSPS) is 25.3. The van der Waals surface area contributed by atoms with Crippen LogP contribution in [0.1, 0.15) is 52.9 Å². The van der Waals surface area contributed by atoms with Gasteiger partial charge in [-0.3, -0.25) is 0 Å². The van der Waals surface area contributed by atoms with E-state index in [1.165, 1.54) is 0 Å². The van der Waals surface area contributed by atoms with Crippen molar-refractivity contribution in [2.75, 3.05) is 13.2 Å². The fourth-order valence-corrected chi connectivity index (χ4v) is 2.55. The summed E-state index contributed by atoms with van der Waals surface area (Å²) in [5.41, 5.74) is 1.09. The van der Waals surface area contributed by atoms with Crippen molar-refractivity contribution < 1.29 is 65.3 Å². The molecule has 3 heterocycles. The van der Waals surface area contributed by atoms with Crippen LogP contribution in [0, 0.1) is 11.8 Å². The summed E-state index contributed by atoms with van der Waals surface area (Å²) >= 11 is 0. The quantitative estimate of drug-likeness (QED) is 0.427. The summed E-state index contributed by atoms with van der Waals surface area (Å²) in [7, 11) is 0. The fraction of sp³-hybridized carbons (Fsp3) is 0.632. The molecule has 2 atom stereocenters. The molecule has 0 amide bonds. The van der Waals surface area contributed by atoms with E-state index in [9.17, 15) is 0 Å². The molecule has 9 heteroatoms. The second kappa shape index (κ2) is 11.1. The average Bonchev–Trinajstić information content (AvgIpc) is 3.13. The second-order valence-corrected chi connectivity index (χ2v) is 7.84. The molecule has 1 aromatic rings. The minimum absolute atomic E-state index is 0. The minimum atomic E-state index is -0.190. The van der Waals surface area contributed by atoms with Crippen LogP contribution in [0.2, 0.25) is 0 Å². The molecule has 0 N–H and O–H groups in total. The molecule has 159 valence electrons. The van der Waals surface area contributed by atoms with E-state index in [1.807, 2.05) is 18.2 Å². The summed E-state index contributed by atoms with van der Waals surface area (Å²) < 4.78 is 11.6. The van der Waals surface area contributed by atoms with Gasteiger partial charge in [0.2, 0.25) is 11.8 Å². The van der Waals surface area contributed by atoms with Crippen LogP contribution in [-0.2, 0) is 28.0 Å². The standard InChI is InChI=1S/C19H27N3O2.3ClH.V/c1-12(2)18(5)10-23-16(21-18)14-8-7-9-15(20-14)17-22-19(6,11-24-17)13(3)4;;;;/h7-9,12-13H,10-11H2,1-6H3;3*1H;/p-3/t18-,19-;;;;/m1..../s1. The van der Waals surface area contributed by atoms with Gasteiger partial charge in [-0.05, 0) is 37.8 Å². The third kappa shape index (κ3) is 5.79. The minimum Gasteiger partial charge on any atom is -1.00 e. The van der Waals surface area contributed by atoms with Crippen molar-refractivity contribution in [2.24, 2.45) is 21.8 Å². The summed E-state index contributed by atoms with van der Waals surface area (Å²) in [5.74, 6) is 2.04. The van der Waals surface area contributed by atoms with E-state index >= 15 is 0 Å². The number of nitrogens with zero attached hydrogens (tertiary/aromatic N) is 3. The third-order valence-corrected chi connectivity index (χ3v) is 5.39. The number of rotatable bonds is 4. The van der Waals surface area contributed by atoms with Crippen molar-refractivity contribution in [3.63, 3.8) is 0 Å². The van der Waals surface area contributed by atoms with E-state index in [2.05, 4.69) is 46.5 Å². The Kier molecular flexibility index (Phi) is 11.8. The van der Waals surface area contributed by atoms with Crippen LogP contribution in [0.25, 0.3) is 0 Å². The van der Waals surface area contributed by atoms with Crippen LogP contribution >= 0.6 is 0 Å². The van der Waals surface area contributed by atoms with Crippen molar-refractivity contribution in [2.45, 2.75) is 52.6 Å². The molecule has 28 heavy (non-hydrogen) atoms. The smallest absolute Gasteiger partial charge is 0.236 e. The molecule has 0 aromatic carbocycles. The van der Waals surface area contributed by atoms with Crippen LogP contribution < -0.4 is 37.2 Å². The Morgan fingerprint density at radius 1 is 0.786 bits per heavy atom. The van der Waals surface area contributed by atoms with Gasteiger partial charge in [-0.25, -0.2) is 15.0 Å². The van der Waals surface area contributed by atoms with Gasteiger partial charge in [-0.15, -0.1) is 0 Å². The summed E-state index contributed by atoms with van der Waals surface area (Å²) in [4.78, 5) is 14.2. The van der Waals surface area contributed by atoms with E-state index in [0.29, 0.717) is 36.8 Å². The Morgan fingerprint density at radius 3 is 1.43 bits per heavy atom. The zero-order chi connectivity index (χ0) is 17.5. The molecule has 0 aliphatic carbocycles. The van der Waals surface area contributed by atoms with Gasteiger partial charge in [0.1, 0.15) is 24.6 Å². The number of aromatic nitrogens is 1. The van der Waals surface area contributed by atoms with Gasteiger partial charge >= 0.3 is 0 Å². The summed E-state index contributed by atoms with van der Waals surface area (Å²) in [5, 5.41) is 0. The van der Waals surface area contributed by atoms with Crippen molar-refractivity contribution >= 4 is 11.8 Å². The van der Waals surface area contributed by atoms with E-state index in [4.69, 9.17) is 19.5 Å². The number of hydrogen-bond acceptors (Lipinski definition) is 5. The molecule has 0 bridgehead atoms. The Morgan fingerprint density at radius 2 is 1.14 bits per heavy atom. The largest absolute Gasteiger partial charge is 1.00 e. The molecule has 1 aromatic heterocycles. The Hall–Kier alpha value is -0.456. The van der Waals surface area contributed by atoms with Gasteiger partial charge < -0.3 is 46.7 Å². The van der Waals surface area contributed by atoms with Gasteiger partial charge in [0.15, 0.2) is 0 Å². The molecule has 0 spiro atoms. The molecule has 0 saturated carbocycles. The molecule has 5 nitrogen and oxygen atoms in total. The average molecular weight is 487 g/mol. The predicted octanol–water partition coefficient (Wildman–Crippen LogP) is -5.53. The van der Waals surface area contributed by atoms with E-state index in [1.54, 1.807) is 0 Å². The fourth-order valence-electron chi connectivity index (χ4n) is 2.55. The van der Waals surface area contributed by atoms with Crippen molar-refractivity contribution in [3.05, 3.63) is 29.6 Å². The number of halogens is 3. The molecule has 0 unspecified atom stereocenters. The molecular formula is C19H27Cl3N3O2V-3. The first-order chi connectivity index (χ1) is 11.2. The van der Waals surface area contributed by atoms with Gasteiger partial charge in [0.25, 0.3) is 0 Å². The summed E-state index contributed by atoms with van der Waals surface area (Å²) in [6, 6.07) is 5.79. The number of aliphatic imine (C=N–C) groups is 2. The van der Waals surface area contributed by atoms with Crippen LogP contribution in [0.15, 0.2) is 28.2 Å². The first-order valence-corrected chi connectivity index (χ1v) is 8.67. The first-order valence-electron chi connectivity index (χ1n) is 8.67. The maximum absolute atomic E-state index is 5.82. The van der Waals surface area contributed by atoms with Crippen molar-refractivity contribution in [1.29, 1.82) is 0 Å². The van der Waals surface area contributed by atoms with E-state index in [-0.39, 0.29) is 66.9 Å². The Balaban J connectivity index is 0. The Labute approximate surface area is 198 Å². The molecule has 2 aliphatic rings. The molecule has 2 aliphatic heterocycles. The van der Waals surface area contributed by atoms with E-state index in [0.717, 1.165) is 11.4 Å². The molecule has 0 fully saturated rings. The zero-order valence-electron chi connectivity index (χ0n) is 17.0. The molecule has 3 rings (SSSR count). The topological polar surface area (TPSA) is 56.1 Å². The summed E-state index contributed by atoms with van der Waals surface area (Å²) in [6.07, 6.45) is 0. The van der Waals surface area contributed by atoms with Gasteiger partial charge in [0, 0.05) is 18.6 Å². The van der Waals surface area contributed by atoms with Crippen LogP contribution in [0.5, 0.6) is 0 Å². The van der Waals surface area contributed by atoms with Crippen LogP contribution in [-0.4, -0.2) is 41.1 Å². The third-order valence-electron chi connectivity index (χ3n) is 5.39. The number of ether oxygens (including phenoxy) is 2. The number of pyridine rings is 1.